The highest BCUT2D eigenvalue weighted by Crippen LogP contribution is 2.44. The van der Waals surface area contributed by atoms with E-state index >= 15 is 0 Å². The molecule has 0 amide bonds. The summed E-state index contributed by atoms with van der Waals surface area (Å²) in [6.45, 7) is 26.3. The predicted octanol–water partition coefficient (Wildman–Crippen LogP) is 7.26. The summed E-state index contributed by atoms with van der Waals surface area (Å²) in [6, 6.07) is 0.727. The van der Waals surface area contributed by atoms with Crippen molar-refractivity contribution in [1.29, 1.82) is 0 Å². The molecule has 1 saturated carbocycles. The van der Waals surface area contributed by atoms with Crippen LogP contribution in [0.5, 0.6) is 0 Å². The van der Waals surface area contributed by atoms with E-state index in [1.54, 1.807) is 0 Å². The van der Waals surface area contributed by atoms with Gasteiger partial charge in [-0.15, -0.1) is 0 Å². The molecule has 0 N–H and O–H groups in total. The molecule has 2 aliphatic rings. The molecule has 0 aromatic rings. The van der Waals surface area contributed by atoms with Crippen LogP contribution in [0.1, 0.15) is 101 Å². The normalized spacial score (nSPS) is 29.0. The van der Waals surface area contributed by atoms with Gasteiger partial charge in [0.15, 0.2) is 0 Å². The second-order valence-corrected chi connectivity index (χ2v) is 11.7. The maximum Gasteiger partial charge on any atom is 0.00387 e. The van der Waals surface area contributed by atoms with E-state index < -0.39 is 0 Å². The van der Waals surface area contributed by atoms with Crippen molar-refractivity contribution in [1.82, 2.24) is 4.90 Å². The number of likely N-dealkylation sites (tertiary alicyclic amines) is 1. The van der Waals surface area contributed by atoms with E-state index in [4.69, 9.17) is 0 Å². The summed E-state index contributed by atoms with van der Waals surface area (Å²) in [4.78, 5) is 2.62. The Hall–Kier alpha value is -0.0400. The first kappa shape index (κ1) is 23.0. The number of rotatable bonds is 2. The van der Waals surface area contributed by atoms with Crippen LogP contribution in [0.25, 0.3) is 0 Å². The van der Waals surface area contributed by atoms with E-state index in [0.29, 0.717) is 10.8 Å². The molecular weight excluding hydrogens is 302 g/mol. The van der Waals surface area contributed by atoms with Gasteiger partial charge in [0, 0.05) is 12.6 Å². The molecule has 2 fully saturated rings. The van der Waals surface area contributed by atoms with Gasteiger partial charge >= 0.3 is 0 Å². The molecule has 0 radical (unpaired) electrons. The molecule has 0 spiro atoms. The first-order valence-corrected chi connectivity index (χ1v) is 11.1. The van der Waals surface area contributed by atoms with E-state index in [9.17, 15) is 0 Å². The zero-order chi connectivity index (χ0) is 19.4. The Morgan fingerprint density at radius 1 is 0.760 bits per heavy atom. The smallest absolute Gasteiger partial charge is 0.00387 e. The molecule has 150 valence electrons. The van der Waals surface area contributed by atoms with Gasteiger partial charge in [-0.1, -0.05) is 55.4 Å². The minimum absolute atomic E-state index is 0.494. The highest BCUT2D eigenvalue weighted by molar-refractivity contribution is 4.84. The van der Waals surface area contributed by atoms with Crippen molar-refractivity contribution < 1.29 is 0 Å². The molecule has 25 heavy (non-hydrogen) atoms. The van der Waals surface area contributed by atoms with Crippen LogP contribution in [-0.2, 0) is 0 Å². The standard InChI is InChI=1S/C12H25N.C12H24/c1-10(2)13-8-6-7-11(9-13)12(3,4)5;1-9(2)10-6-7-11(8-10)12(3,4)5/h10-11H,6-9H2,1-5H3;9-11H,6-8H2,1-5H3. The van der Waals surface area contributed by atoms with Crippen LogP contribution in [0, 0.1) is 34.5 Å². The second-order valence-electron chi connectivity index (χ2n) is 11.7. The summed E-state index contributed by atoms with van der Waals surface area (Å²) < 4.78 is 0. The van der Waals surface area contributed by atoms with E-state index in [0.717, 1.165) is 29.7 Å². The molecular formula is C24H49N. The molecule has 2 rings (SSSR count). The molecule has 0 aromatic heterocycles. The lowest BCUT2D eigenvalue weighted by Crippen LogP contribution is -2.43. The topological polar surface area (TPSA) is 3.24 Å². The fraction of sp³-hybridized carbons (Fsp3) is 1.00. The Morgan fingerprint density at radius 2 is 1.32 bits per heavy atom. The molecule has 3 atom stereocenters. The van der Waals surface area contributed by atoms with Crippen LogP contribution >= 0.6 is 0 Å². The highest BCUT2D eigenvalue weighted by Gasteiger charge is 2.33. The monoisotopic (exact) mass is 351 g/mol. The Balaban J connectivity index is 0.000000251. The average Bonchev–Trinajstić information content (AvgIpc) is 2.97. The summed E-state index contributed by atoms with van der Waals surface area (Å²) in [7, 11) is 0. The van der Waals surface area contributed by atoms with Crippen molar-refractivity contribution in [2.75, 3.05) is 13.1 Å². The third-order valence-corrected chi connectivity index (χ3v) is 7.05. The number of hydrogen-bond donors (Lipinski definition) is 0. The molecule has 1 aliphatic carbocycles. The Kier molecular flexibility index (Phi) is 8.51. The second kappa shape index (κ2) is 9.25. The Labute approximate surface area is 160 Å². The highest BCUT2D eigenvalue weighted by atomic mass is 15.2. The zero-order valence-corrected chi connectivity index (χ0v) is 19.3. The van der Waals surface area contributed by atoms with Crippen molar-refractivity contribution in [3.05, 3.63) is 0 Å². The average molecular weight is 352 g/mol. The van der Waals surface area contributed by atoms with Gasteiger partial charge in [-0.25, -0.2) is 0 Å². The summed E-state index contributed by atoms with van der Waals surface area (Å²) in [5, 5.41) is 0. The summed E-state index contributed by atoms with van der Waals surface area (Å²) in [6.07, 6.45) is 7.22. The summed E-state index contributed by atoms with van der Waals surface area (Å²) in [5.74, 6) is 3.78. The zero-order valence-electron chi connectivity index (χ0n) is 19.3. The predicted molar refractivity (Wildman–Crippen MR) is 114 cm³/mol. The molecule has 3 unspecified atom stereocenters. The van der Waals surface area contributed by atoms with Crippen LogP contribution < -0.4 is 0 Å². The molecule has 1 aliphatic heterocycles. The van der Waals surface area contributed by atoms with Gasteiger partial charge in [0.1, 0.15) is 0 Å². The van der Waals surface area contributed by atoms with Gasteiger partial charge in [0.25, 0.3) is 0 Å². The summed E-state index contributed by atoms with van der Waals surface area (Å²) in [5.41, 5.74) is 1.04. The van der Waals surface area contributed by atoms with Crippen LogP contribution in [-0.4, -0.2) is 24.0 Å². The minimum Gasteiger partial charge on any atom is -0.301 e. The van der Waals surface area contributed by atoms with Gasteiger partial charge < -0.3 is 4.90 Å². The van der Waals surface area contributed by atoms with Gasteiger partial charge in [0.2, 0.25) is 0 Å². The number of hydrogen-bond acceptors (Lipinski definition) is 1. The van der Waals surface area contributed by atoms with Gasteiger partial charge in [-0.3, -0.25) is 0 Å². The van der Waals surface area contributed by atoms with Crippen molar-refractivity contribution >= 4 is 0 Å². The molecule has 0 bridgehead atoms. The van der Waals surface area contributed by atoms with Crippen LogP contribution in [0.3, 0.4) is 0 Å². The van der Waals surface area contributed by atoms with Crippen LogP contribution in [0.2, 0.25) is 0 Å². The maximum absolute atomic E-state index is 2.62. The van der Waals surface area contributed by atoms with Crippen LogP contribution in [0.15, 0.2) is 0 Å². The van der Waals surface area contributed by atoms with Gasteiger partial charge in [-0.2, -0.15) is 0 Å². The largest absolute Gasteiger partial charge is 0.301 e. The van der Waals surface area contributed by atoms with Gasteiger partial charge in [-0.05, 0) is 87.0 Å². The number of piperidine rings is 1. The Bertz CT molecular complexity index is 369. The van der Waals surface area contributed by atoms with Crippen molar-refractivity contribution in [2.24, 2.45) is 34.5 Å². The first-order chi connectivity index (χ1) is 11.3. The maximum atomic E-state index is 2.62. The van der Waals surface area contributed by atoms with Crippen molar-refractivity contribution in [3.8, 4) is 0 Å². The molecule has 0 aromatic carbocycles. The minimum atomic E-state index is 0.494. The van der Waals surface area contributed by atoms with E-state index in [1.807, 2.05) is 0 Å². The molecule has 1 heterocycles. The lowest BCUT2D eigenvalue weighted by atomic mass is 9.76. The molecule has 1 saturated heterocycles. The van der Waals surface area contributed by atoms with E-state index in [2.05, 4.69) is 74.1 Å². The van der Waals surface area contributed by atoms with Crippen molar-refractivity contribution in [2.45, 2.75) is 107 Å². The third-order valence-electron chi connectivity index (χ3n) is 7.05. The van der Waals surface area contributed by atoms with E-state index in [1.165, 1.54) is 45.2 Å². The molecule has 1 nitrogen and oxygen atoms in total. The first-order valence-electron chi connectivity index (χ1n) is 11.1. The third kappa shape index (κ3) is 7.61. The fourth-order valence-corrected chi connectivity index (χ4v) is 4.59. The lowest BCUT2D eigenvalue weighted by molar-refractivity contribution is 0.0787. The number of nitrogens with zero attached hydrogens (tertiary/aromatic N) is 1. The lowest BCUT2D eigenvalue weighted by Gasteiger charge is -2.41. The summed E-state index contributed by atoms with van der Waals surface area (Å²) >= 11 is 0. The SMILES string of the molecule is CC(C)C1CCC(C(C)(C)C)C1.CC(C)N1CCCC(C(C)(C)C)C1. The van der Waals surface area contributed by atoms with Crippen LogP contribution in [0.4, 0.5) is 0 Å². The van der Waals surface area contributed by atoms with Gasteiger partial charge in [0.05, 0.1) is 0 Å². The quantitative estimate of drug-likeness (QED) is 0.506. The fourth-order valence-electron chi connectivity index (χ4n) is 4.59. The molecule has 1 heteroatoms. The van der Waals surface area contributed by atoms with E-state index in [-0.39, 0.29) is 0 Å². The Morgan fingerprint density at radius 3 is 1.68 bits per heavy atom. The van der Waals surface area contributed by atoms with Crippen molar-refractivity contribution in [3.63, 3.8) is 0 Å².